The molecule has 0 amide bonds. The quantitative estimate of drug-likeness (QED) is 0.673. The molecular weight excluding hydrogens is 312 g/mol. The van der Waals surface area contributed by atoms with Crippen LogP contribution < -0.4 is 0 Å². The third-order valence-corrected chi connectivity index (χ3v) is 4.99. The van der Waals surface area contributed by atoms with Crippen molar-refractivity contribution in [2.45, 2.75) is 11.9 Å². The van der Waals surface area contributed by atoms with Crippen molar-refractivity contribution in [3.8, 4) is 27.2 Å². The lowest BCUT2D eigenvalue weighted by molar-refractivity contribution is 0.937. The van der Waals surface area contributed by atoms with Gasteiger partial charge in [0.2, 0.25) is 0 Å². The summed E-state index contributed by atoms with van der Waals surface area (Å²) in [5.74, 6) is 0.381. The number of aromatic nitrogens is 3. The van der Waals surface area contributed by atoms with Crippen LogP contribution in [0.3, 0.4) is 0 Å². The molecule has 0 fully saturated rings. The van der Waals surface area contributed by atoms with Crippen molar-refractivity contribution in [2.24, 2.45) is 0 Å². The summed E-state index contributed by atoms with van der Waals surface area (Å²) in [4.78, 5) is 5.66. The smallest absolute Gasteiger partial charge is 0.124 e. The molecule has 0 saturated carbocycles. The molecule has 0 N–H and O–H groups in total. The maximum absolute atomic E-state index is 8.58. The van der Waals surface area contributed by atoms with Crippen LogP contribution in [0.25, 0.3) is 21.1 Å². The standard InChI is InChI=1S/C16H12N4S2/c1-11-15(13-7-8-14(20-19-13)21-10-9-17)22-16(18-11)12-5-3-2-4-6-12/h2-8H,10H2,1H3. The molecule has 0 aliphatic rings. The lowest BCUT2D eigenvalue weighted by Crippen LogP contribution is -1.89. The van der Waals surface area contributed by atoms with Crippen LogP contribution in [0.5, 0.6) is 0 Å². The zero-order valence-electron chi connectivity index (χ0n) is 11.9. The molecule has 2 heterocycles. The summed E-state index contributed by atoms with van der Waals surface area (Å²) < 4.78 is 0. The van der Waals surface area contributed by atoms with Crippen molar-refractivity contribution >= 4 is 23.1 Å². The SMILES string of the molecule is Cc1nc(-c2ccccc2)sc1-c1ccc(SCC#N)nn1. The van der Waals surface area contributed by atoms with Crippen molar-refractivity contribution in [1.82, 2.24) is 15.2 Å². The molecular formula is C16H12N4S2. The average Bonchev–Trinajstić information content (AvgIpc) is 2.96. The fourth-order valence-electron chi connectivity index (χ4n) is 1.96. The first-order valence-electron chi connectivity index (χ1n) is 6.64. The van der Waals surface area contributed by atoms with Gasteiger partial charge >= 0.3 is 0 Å². The van der Waals surface area contributed by atoms with Gasteiger partial charge in [0.1, 0.15) is 15.7 Å². The number of hydrogen-bond donors (Lipinski definition) is 0. The van der Waals surface area contributed by atoms with Gasteiger partial charge in [-0.2, -0.15) is 5.26 Å². The molecule has 4 nitrogen and oxygen atoms in total. The first-order chi connectivity index (χ1) is 10.8. The van der Waals surface area contributed by atoms with E-state index >= 15 is 0 Å². The van der Waals surface area contributed by atoms with Crippen LogP contribution in [-0.4, -0.2) is 20.9 Å². The van der Waals surface area contributed by atoms with Crippen molar-refractivity contribution in [3.63, 3.8) is 0 Å². The highest BCUT2D eigenvalue weighted by atomic mass is 32.2. The summed E-state index contributed by atoms with van der Waals surface area (Å²) in [6.45, 7) is 1.98. The number of thioether (sulfide) groups is 1. The van der Waals surface area contributed by atoms with Gasteiger partial charge in [0.25, 0.3) is 0 Å². The van der Waals surface area contributed by atoms with Gasteiger partial charge in [0.15, 0.2) is 0 Å². The van der Waals surface area contributed by atoms with Gasteiger partial charge in [-0.15, -0.1) is 21.5 Å². The Morgan fingerprint density at radius 2 is 1.95 bits per heavy atom. The van der Waals surface area contributed by atoms with E-state index in [1.807, 2.05) is 37.3 Å². The molecule has 22 heavy (non-hydrogen) atoms. The van der Waals surface area contributed by atoms with E-state index in [0.29, 0.717) is 5.75 Å². The maximum atomic E-state index is 8.58. The Labute approximate surface area is 136 Å². The fraction of sp³-hybridized carbons (Fsp3) is 0.125. The Morgan fingerprint density at radius 3 is 2.64 bits per heavy atom. The molecule has 0 bridgehead atoms. The Morgan fingerprint density at radius 1 is 1.14 bits per heavy atom. The summed E-state index contributed by atoms with van der Waals surface area (Å²) in [5.41, 5.74) is 2.88. The minimum atomic E-state index is 0.381. The van der Waals surface area contributed by atoms with E-state index in [1.165, 1.54) is 11.8 Å². The predicted octanol–water partition coefficient (Wildman–Crippen LogP) is 4.19. The van der Waals surface area contributed by atoms with Gasteiger partial charge in [-0.25, -0.2) is 4.98 Å². The summed E-state index contributed by atoms with van der Waals surface area (Å²) >= 11 is 3.00. The predicted molar refractivity (Wildman–Crippen MR) is 89.7 cm³/mol. The van der Waals surface area contributed by atoms with Gasteiger partial charge in [0, 0.05) is 5.56 Å². The van der Waals surface area contributed by atoms with E-state index in [2.05, 4.69) is 33.4 Å². The lowest BCUT2D eigenvalue weighted by atomic mass is 10.2. The summed E-state index contributed by atoms with van der Waals surface area (Å²) in [6.07, 6.45) is 0. The molecule has 0 atom stereocenters. The van der Waals surface area contributed by atoms with Gasteiger partial charge in [-0.3, -0.25) is 0 Å². The number of thiazole rings is 1. The third kappa shape index (κ3) is 3.16. The second-order valence-corrected chi connectivity index (χ2v) is 6.50. The van der Waals surface area contributed by atoms with Gasteiger partial charge < -0.3 is 0 Å². The Hall–Kier alpha value is -2.23. The molecule has 0 saturated heterocycles. The Balaban J connectivity index is 1.89. The normalized spacial score (nSPS) is 10.4. The number of hydrogen-bond acceptors (Lipinski definition) is 6. The van der Waals surface area contributed by atoms with E-state index in [9.17, 15) is 0 Å². The fourth-order valence-corrected chi connectivity index (χ4v) is 3.47. The molecule has 2 aromatic heterocycles. The van der Waals surface area contributed by atoms with E-state index in [0.717, 1.165) is 31.9 Å². The monoisotopic (exact) mass is 324 g/mol. The van der Waals surface area contributed by atoms with Crippen molar-refractivity contribution < 1.29 is 0 Å². The molecule has 0 spiro atoms. The van der Waals surface area contributed by atoms with Gasteiger partial charge in [-0.1, -0.05) is 42.1 Å². The van der Waals surface area contributed by atoms with Crippen molar-refractivity contribution in [2.75, 3.05) is 5.75 Å². The third-order valence-electron chi connectivity index (χ3n) is 2.97. The lowest BCUT2D eigenvalue weighted by Gasteiger charge is -1.98. The van der Waals surface area contributed by atoms with Crippen LogP contribution in [0.2, 0.25) is 0 Å². The van der Waals surface area contributed by atoms with E-state index in [1.54, 1.807) is 11.3 Å². The molecule has 3 rings (SSSR count). The molecule has 0 aliphatic heterocycles. The van der Waals surface area contributed by atoms with Crippen LogP contribution in [0.1, 0.15) is 5.69 Å². The van der Waals surface area contributed by atoms with Crippen LogP contribution in [-0.2, 0) is 0 Å². The largest absolute Gasteiger partial charge is 0.241 e. The minimum Gasteiger partial charge on any atom is -0.241 e. The van der Waals surface area contributed by atoms with Crippen molar-refractivity contribution in [3.05, 3.63) is 48.2 Å². The molecule has 6 heteroatoms. The van der Waals surface area contributed by atoms with E-state index < -0.39 is 0 Å². The average molecular weight is 324 g/mol. The molecule has 0 aliphatic carbocycles. The van der Waals surface area contributed by atoms with Crippen LogP contribution in [0.4, 0.5) is 0 Å². The molecule has 0 unspecified atom stereocenters. The summed E-state index contributed by atoms with van der Waals surface area (Å²) in [5, 5.41) is 18.7. The van der Waals surface area contributed by atoms with Gasteiger partial charge in [-0.05, 0) is 19.1 Å². The number of benzene rings is 1. The number of nitrogens with zero attached hydrogens (tertiary/aromatic N) is 4. The first kappa shape index (κ1) is 14.7. The number of aryl methyl sites for hydroxylation is 1. The number of nitriles is 1. The summed E-state index contributed by atoms with van der Waals surface area (Å²) in [7, 11) is 0. The van der Waals surface area contributed by atoms with E-state index in [4.69, 9.17) is 5.26 Å². The van der Waals surface area contributed by atoms with Crippen LogP contribution in [0.15, 0.2) is 47.5 Å². The highest BCUT2D eigenvalue weighted by molar-refractivity contribution is 7.99. The second kappa shape index (κ2) is 6.69. The molecule has 1 aromatic carbocycles. The highest BCUT2D eigenvalue weighted by Gasteiger charge is 2.12. The topological polar surface area (TPSA) is 62.5 Å². The van der Waals surface area contributed by atoms with Crippen LogP contribution >= 0.6 is 23.1 Å². The maximum Gasteiger partial charge on any atom is 0.124 e. The first-order valence-corrected chi connectivity index (χ1v) is 8.45. The number of rotatable bonds is 4. The summed E-state index contributed by atoms with van der Waals surface area (Å²) in [6, 6.07) is 16.0. The zero-order chi connectivity index (χ0) is 15.4. The Kier molecular flexibility index (Phi) is 4.47. The molecule has 108 valence electrons. The van der Waals surface area contributed by atoms with Crippen LogP contribution in [0, 0.1) is 18.3 Å². The molecule has 0 radical (unpaired) electrons. The van der Waals surface area contributed by atoms with E-state index in [-0.39, 0.29) is 0 Å². The zero-order valence-corrected chi connectivity index (χ0v) is 13.5. The van der Waals surface area contributed by atoms with Gasteiger partial charge in [0.05, 0.1) is 22.4 Å². The van der Waals surface area contributed by atoms with Crippen molar-refractivity contribution in [1.29, 1.82) is 5.26 Å². The highest BCUT2D eigenvalue weighted by Crippen LogP contribution is 2.34. The Bertz CT molecular complexity index is 804. The minimum absolute atomic E-state index is 0.381. The second-order valence-electron chi connectivity index (χ2n) is 4.50. The molecule has 3 aromatic rings.